The molecule has 0 aliphatic carbocycles. The summed E-state index contributed by atoms with van der Waals surface area (Å²) in [6, 6.07) is 3.82. The van der Waals surface area contributed by atoms with Crippen LogP contribution in [0.1, 0.15) is 29.8 Å². The minimum Gasteiger partial charge on any atom is -0.379 e. The molecule has 2 aliphatic heterocycles. The molecule has 2 atom stereocenters. The van der Waals surface area contributed by atoms with Crippen molar-refractivity contribution in [2.75, 3.05) is 53.6 Å². The molecule has 3 heterocycles. The Bertz CT molecular complexity index is 586. The van der Waals surface area contributed by atoms with Crippen LogP contribution in [0.3, 0.4) is 0 Å². The number of likely N-dealkylation sites (tertiary alicyclic amines) is 1. The SMILES string of the molecule is CN(C)CCOC[C@@]12CCCO[C@@H]1CCN(C(=O)c1cccn1C)C2. The third kappa shape index (κ3) is 4.07. The summed E-state index contributed by atoms with van der Waals surface area (Å²) in [5.74, 6) is 0.115. The summed E-state index contributed by atoms with van der Waals surface area (Å²) in [5.41, 5.74) is 0.683. The van der Waals surface area contributed by atoms with Crippen LogP contribution in [0, 0.1) is 5.41 Å². The monoisotopic (exact) mass is 349 g/mol. The van der Waals surface area contributed by atoms with Gasteiger partial charge in [-0.05, 0) is 45.5 Å². The van der Waals surface area contributed by atoms with Crippen molar-refractivity contribution in [2.24, 2.45) is 12.5 Å². The summed E-state index contributed by atoms with van der Waals surface area (Å²) in [6.07, 6.45) is 5.13. The summed E-state index contributed by atoms with van der Waals surface area (Å²) in [5, 5.41) is 0. The lowest BCUT2D eigenvalue weighted by Crippen LogP contribution is -2.58. The van der Waals surface area contributed by atoms with E-state index in [4.69, 9.17) is 9.47 Å². The molecule has 25 heavy (non-hydrogen) atoms. The predicted molar refractivity (Wildman–Crippen MR) is 96.7 cm³/mol. The van der Waals surface area contributed by atoms with Crippen molar-refractivity contribution in [2.45, 2.75) is 25.4 Å². The summed E-state index contributed by atoms with van der Waals surface area (Å²) in [6.45, 7) is 4.61. The van der Waals surface area contributed by atoms with Gasteiger partial charge < -0.3 is 23.8 Å². The quantitative estimate of drug-likeness (QED) is 0.732. The number of rotatable bonds is 6. The first kappa shape index (κ1) is 18.4. The number of hydrogen-bond acceptors (Lipinski definition) is 4. The summed E-state index contributed by atoms with van der Waals surface area (Å²) >= 11 is 0. The first-order chi connectivity index (χ1) is 12.0. The van der Waals surface area contributed by atoms with Crippen LogP contribution in [-0.2, 0) is 16.5 Å². The number of aromatic nitrogens is 1. The molecule has 6 heteroatoms. The van der Waals surface area contributed by atoms with Crippen molar-refractivity contribution in [1.82, 2.24) is 14.4 Å². The van der Waals surface area contributed by atoms with E-state index in [9.17, 15) is 4.79 Å². The van der Waals surface area contributed by atoms with Crippen LogP contribution in [0.15, 0.2) is 18.3 Å². The Balaban J connectivity index is 1.68. The van der Waals surface area contributed by atoms with E-state index in [-0.39, 0.29) is 17.4 Å². The van der Waals surface area contributed by atoms with Crippen molar-refractivity contribution in [3.63, 3.8) is 0 Å². The van der Waals surface area contributed by atoms with E-state index in [1.54, 1.807) is 0 Å². The molecule has 0 spiro atoms. The van der Waals surface area contributed by atoms with Crippen molar-refractivity contribution < 1.29 is 14.3 Å². The van der Waals surface area contributed by atoms with E-state index >= 15 is 0 Å². The number of nitrogens with zero attached hydrogens (tertiary/aromatic N) is 3. The Morgan fingerprint density at radius 2 is 2.32 bits per heavy atom. The molecule has 2 fully saturated rings. The van der Waals surface area contributed by atoms with E-state index in [2.05, 4.69) is 19.0 Å². The maximum absolute atomic E-state index is 12.9. The Morgan fingerprint density at radius 1 is 1.48 bits per heavy atom. The molecule has 3 rings (SSSR count). The zero-order chi connectivity index (χ0) is 17.9. The maximum atomic E-state index is 12.9. The van der Waals surface area contributed by atoms with Crippen molar-refractivity contribution in [1.29, 1.82) is 0 Å². The molecule has 6 nitrogen and oxygen atoms in total. The second-order valence-corrected chi connectivity index (χ2v) is 7.70. The van der Waals surface area contributed by atoms with Gasteiger partial charge in [0.1, 0.15) is 5.69 Å². The summed E-state index contributed by atoms with van der Waals surface area (Å²) in [7, 11) is 6.02. The Kier molecular flexibility index (Phi) is 5.81. The molecule has 0 radical (unpaired) electrons. The lowest BCUT2D eigenvalue weighted by molar-refractivity contribution is -0.147. The van der Waals surface area contributed by atoms with Gasteiger partial charge >= 0.3 is 0 Å². The lowest BCUT2D eigenvalue weighted by atomic mass is 9.73. The third-order valence-electron chi connectivity index (χ3n) is 5.51. The fourth-order valence-electron chi connectivity index (χ4n) is 4.04. The van der Waals surface area contributed by atoms with Gasteiger partial charge in [0.15, 0.2) is 0 Å². The van der Waals surface area contributed by atoms with Gasteiger partial charge in [-0.1, -0.05) is 0 Å². The number of hydrogen-bond donors (Lipinski definition) is 0. The minimum absolute atomic E-state index is 0.0658. The number of carbonyl (C=O) groups is 1. The zero-order valence-electron chi connectivity index (χ0n) is 15.7. The van der Waals surface area contributed by atoms with Crippen molar-refractivity contribution in [3.05, 3.63) is 24.0 Å². The lowest BCUT2D eigenvalue weighted by Gasteiger charge is -2.50. The van der Waals surface area contributed by atoms with Gasteiger partial charge in [0.25, 0.3) is 5.91 Å². The topological polar surface area (TPSA) is 46.9 Å². The van der Waals surface area contributed by atoms with Crippen molar-refractivity contribution in [3.8, 4) is 0 Å². The van der Waals surface area contributed by atoms with E-state index < -0.39 is 0 Å². The molecule has 0 N–H and O–H groups in total. The van der Waals surface area contributed by atoms with E-state index in [1.807, 2.05) is 34.8 Å². The summed E-state index contributed by atoms with van der Waals surface area (Å²) in [4.78, 5) is 17.1. The number of likely N-dealkylation sites (N-methyl/N-ethyl adjacent to an activating group) is 1. The van der Waals surface area contributed by atoms with Crippen LogP contribution in [0.4, 0.5) is 0 Å². The predicted octanol–water partition coefficient (Wildman–Crippen LogP) is 1.61. The molecule has 1 aromatic heterocycles. The number of carbonyl (C=O) groups excluding carboxylic acids is 1. The molecule has 1 amide bonds. The van der Waals surface area contributed by atoms with Crippen molar-refractivity contribution >= 4 is 5.91 Å². The fraction of sp³-hybridized carbons (Fsp3) is 0.737. The molecule has 0 unspecified atom stereocenters. The minimum atomic E-state index is -0.0658. The number of amides is 1. The number of ether oxygens (including phenoxy) is 2. The van der Waals surface area contributed by atoms with Gasteiger partial charge in [0.2, 0.25) is 0 Å². The van der Waals surface area contributed by atoms with Gasteiger partial charge in [-0.2, -0.15) is 0 Å². The van der Waals surface area contributed by atoms with E-state index in [1.165, 1.54) is 0 Å². The highest BCUT2D eigenvalue weighted by molar-refractivity contribution is 5.92. The number of fused-ring (bicyclic) bond motifs is 1. The zero-order valence-corrected chi connectivity index (χ0v) is 15.7. The van der Waals surface area contributed by atoms with Gasteiger partial charge in [-0.3, -0.25) is 4.79 Å². The molecular formula is C19H31N3O3. The van der Waals surface area contributed by atoms with E-state index in [0.717, 1.165) is 51.2 Å². The normalized spacial score (nSPS) is 26.7. The average molecular weight is 349 g/mol. The summed E-state index contributed by atoms with van der Waals surface area (Å²) < 4.78 is 14.0. The van der Waals surface area contributed by atoms with Gasteiger partial charge in [0, 0.05) is 44.9 Å². The molecule has 2 saturated heterocycles. The second kappa shape index (κ2) is 7.89. The molecule has 0 saturated carbocycles. The van der Waals surface area contributed by atoms with E-state index in [0.29, 0.717) is 13.2 Å². The fourth-order valence-corrected chi connectivity index (χ4v) is 4.04. The third-order valence-corrected chi connectivity index (χ3v) is 5.51. The van der Waals surface area contributed by atoms with Crippen LogP contribution in [0.5, 0.6) is 0 Å². The highest BCUT2D eigenvalue weighted by Crippen LogP contribution is 2.40. The largest absolute Gasteiger partial charge is 0.379 e. The molecule has 2 aliphatic rings. The average Bonchev–Trinajstić information content (AvgIpc) is 3.03. The smallest absolute Gasteiger partial charge is 0.270 e. The van der Waals surface area contributed by atoms with Gasteiger partial charge in [-0.15, -0.1) is 0 Å². The maximum Gasteiger partial charge on any atom is 0.270 e. The van der Waals surface area contributed by atoms with Crippen LogP contribution in [0.2, 0.25) is 0 Å². The van der Waals surface area contributed by atoms with Crippen LogP contribution >= 0.6 is 0 Å². The number of piperidine rings is 1. The molecule has 1 aromatic rings. The van der Waals surface area contributed by atoms with Crippen LogP contribution < -0.4 is 0 Å². The Morgan fingerprint density at radius 3 is 3.04 bits per heavy atom. The molecule has 0 bridgehead atoms. The highest BCUT2D eigenvalue weighted by atomic mass is 16.5. The standard InChI is InChI=1S/C19H31N3O3/c1-20(2)11-13-24-15-19-8-5-12-25-17(19)7-10-22(14-19)18(23)16-6-4-9-21(16)3/h4,6,9,17H,5,7-8,10-15H2,1-3H3/t17-,19+/m1/s1. The Labute approximate surface area is 150 Å². The van der Waals surface area contributed by atoms with Gasteiger partial charge in [-0.25, -0.2) is 0 Å². The molecule has 0 aromatic carbocycles. The first-order valence-electron chi connectivity index (χ1n) is 9.26. The van der Waals surface area contributed by atoms with Gasteiger partial charge in [0.05, 0.1) is 19.3 Å². The number of aryl methyl sites for hydroxylation is 1. The second-order valence-electron chi connectivity index (χ2n) is 7.70. The molecule has 140 valence electrons. The highest BCUT2D eigenvalue weighted by Gasteiger charge is 2.47. The molecular weight excluding hydrogens is 318 g/mol. The van der Waals surface area contributed by atoms with Crippen LogP contribution in [0.25, 0.3) is 0 Å². The Hall–Kier alpha value is -1.37. The first-order valence-corrected chi connectivity index (χ1v) is 9.26. The van der Waals surface area contributed by atoms with Crippen LogP contribution in [-0.4, -0.2) is 79.9 Å².